The van der Waals surface area contributed by atoms with Gasteiger partial charge in [-0.15, -0.1) is 11.3 Å². The molecule has 0 bridgehead atoms. The van der Waals surface area contributed by atoms with Crippen molar-refractivity contribution in [3.63, 3.8) is 0 Å². The lowest BCUT2D eigenvalue weighted by Gasteiger charge is -2.35. The molecule has 2 aromatic rings. The normalized spacial score (nSPS) is 23.2. The summed E-state index contributed by atoms with van der Waals surface area (Å²) in [7, 11) is 0. The predicted octanol–water partition coefficient (Wildman–Crippen LogP) is 5.38. The summed E-state index contributed by atoms with van der Waals surface area (Å²) in [4.78, 5) is 0. The molecular weight excluding hydrogens is 262 g/mol. The third kappa shape index (κ3) is 2.40. The highest BCUT2D eigenvalue weighted by Gasteiger charge is 2.40. The molecule has 20 heavy (non-hydrogen) atoms. The van der Waals surface area contributed by atoms with Gasteiger partial charge < -0.3 is 5.32 Å². The van der Waals surface area contributed by atoms with E-state index in [1.807, 2.05) is 11.3 Å². The molecule has 1 heterocycles. The zero-order chi connectivity index (χ0) is 14.2. The minimum absolute atomic E-state index is 0.451. The second-order valence-corrected chi connectivity index (χ2v) is 7.62. The van der Waals surface area contributed by atoms with Crippen LogP contribution in [0.3, 0.4) is 0 Å². The Balaban J connectivity index is 2.04. The quantitative estimate of drug-likeness (QED) is 0.796. The average Bonchev–Trinajstić information content (AvgIpc) is 3.01. The first-order chi connectivity index (χ1) is 9.63. The van der Waals surface area contributed by atoms with Crippen LogP contribution < -0.4 is 5.32 Å². The Hall–Kier alpha value is -0.860. The van der Waals surface area contributed by atoms with E-state index in [9.17, 15) is 0 Å². The van der Waals surface area contributed by atoms with E-state index in [0.29, 0.717) is 11.5 Å². The molecule has 108 valence electrons. The van der Waals surface area contributed by atoms with Crippen LogP contribution in [0.25, 0.3) is 10.1 Å². The summed E-state index contributed by atoms with van der Waals surface area (Å²) >= 11 is 1.89. The third-order valence-electron chi connectivity index (χ3n) is 5.01. The molecule has 1 N–H and O–H groups in total. The lowest BCUT2D eigenvalue weighted by atomic mass is 9.75. The van der Waals surface area contributed by atoms with Gasteiger partial charge in [-0.1, -0.05) is 45.4 Å². The fraction of sp³-hybridized carbons (Fsp3) is 0.556. The summed E-state index contributed by atoms with van der Waals surface area (Å²) in [5.41, 5.74) is 1.96. The van der Waals surface area contributed by atoms with Gasteiger partial charge in [-0.3, -0.25) is 0 Å². The summed E-state index contributed by atoms with van der Waals surface area (Å²) in [6.07, 6.45) is 4.09. The molecule has 0 amide bonds. The van der Waals surface area contributed by atoms with Crippen LogP contribution in [0.1, 0.15) is 51.6 Å². The van der Waals surface area contributed by atoms with Crippen LogP contribution in [0.15, 0.2) is 29.6 Å². The first-order valence-electron chi connectivity index (χ1n) is 7.83. The zero-order valence-electron chi connectivity index (χ0n) is 12.8. The number of nitrogens with one attached hydrogen (secondary N) is 1. The molecule has 2 heteroatoms. The van der Waals surface area contributed by atoms with Gasteiger partial charge in [-0.05, 0) is 53.1 Å². The Morgan fingerprint density at radius 3 is 2.90 bits per heavy atom. The van der Waals surface area contributed by atoms with Crippen LogP contribution >= 0.6 is 11.3 Å². The fourth-order valence-electron chi connectivity index (χ4n) is 3.92. The smallest absolute Gasteiger partial charge is 0.0390 e. The van der Waals surface area contributed by atoms with Crippen molar-refractivity contribution in [2.45, 2.75) is 46.1 Å². The highest BCUT2D eigenvalue weighted by Crippen LogP contribution is 2.49. The third-order valence-corrected chi connectivity index (χ3v) is 5.99. The Bertz CT molecular complexity index is 584. The van der Waals surface area contributed by atoms with Crippen molar-refractivity contribution in [3.8, 4) is 0 Å². The van der Waals surface area contributed by atoms with Crippen molar-refractivity contribution >= 4 is 21.4 Å². The summed E-state index contributed by atoms with van der Waals surface area (Å²) in [6.45, 7) is 8.16. The van der Waals surface area contributed by atoms with Crippen molar-refractivity contribution < 1.29 is 0 Å². The van der Waals surface area contributed by atoms with E-state index in [1.165, 1.54) is 34.9 Å². The molecule has 1 aromatic heterocycles. The second-order valence-electron chi connectivity index (χ2n) is 6.71. The zero-order valence-corrected chi connectivity index (χ0v) is 13.6. The lowest BCUT2D eigenvalue weighted by molar-refractivity contribution is 0.200. The van der Waals surface area contributed by atoms with E-state index in [0.717, 1.165) is 12.5 Å². The molecule has 0 spiro atoms. The number of hydrogen-bond acceptors (Lipinski definition) is 2. The van der Waals surface area contributed by atoms with Crippen LogP contribution in [0.4, 0.5) is 0 Å². The largest absolute Gasteiger partial charge is 0.310 e. The highest BCUT2D eigenvalue weighted by atomic mass is 32.1. The molecule has 2 atom stereocenters. The molecule has 2 unspecified atom stereocenters. The SMILES string of the molecule is CCNC(c1cccc2ccsc12)C1CCCC1(C)C. The van der Waals surface area contributed by atoms with Gasteiger partial charge in [0.05, 0.1) is 0 Å². The molecule has 1 fully saturated rings. The van der Waals surface area contributed by atoms with E-state index >= 15 is 0 Å². The Morgan fingerprint density at radius 1 is 1.35 bits per heavy atom. The lowest BCUT2D eigenvalue weighted by Crippen LogP contribution is -2.34. The van der Waals surface area contributed by atoms with Crippen LogP contribution in [0.5, 0.6) is 0 Å². The fourth-order valence-corrected chi connectivity index (χ4v) is 4.88. The monoisotopic (exact) mass is 287 g/mol. The molecule has 0 saturated heterocycles. The van der Waals surface area contributed by atoms with Gasteiger partial charge in [0, 0.05) is 10.7 Å². The molecule has 1 nitrogen and oxygen atoms in total. The minimum atomic E-state index is 0.451. The van der Waals surface area contributed by atoms with Crippen LogP contribution in [0, 0.1) is 11.3 Å². The van der Waals surface area contributed by atoms with Crippen molar-refractivity contribution in [1.82, 2.24) is 5.32 Å². The van der Waals surface area contributed by atoms with Crippen LogP contribution in [-0.4, -0.2) is 6.54 Å². The van der Waals surface area contributed by atoms with Crippen molar-refractivity contribution in [2.75, 3.05) is 6.54 Å². The van der Waals surface area contributed by atoms with Gasteiger partial charge in [-0.25, -0.2) is 0 Å². The van der Waals surface area contributed by atoms with Crippen molar-refractivity contribution in [2.24, 2.45) is 11.3 Å². The first kappa shape index (κ1) is 14.1. The van der Waals surface area contributed by atoms with E-state index in [1.54, 1.807) is 0 Å². The van der Waals surface area contributed by atoms with Gasteiger partial charge >= 0.3 is 0 Å². The number of fused-ring (bicyclic) bond motifs is 1. The molecular formula is C18H25NS. The van der Waals surface area contributed by atoms with Crippen LogP contribution in [0.2, 0.25) is 0 Å². The number of thiophene rings is 1. The Morgan fingerprint density at radius 2 is 2.20 bits per heavy atom. The minimum Gasteiger partial charge on any atom is -0.310 e. The van der Waals surface area contributed by atoms with Crippen molar-refractivity contribution in [1.29, 1.82) is 0 Å². The number of rotatable bonds is 4. The van der Waals surface area contributed by atoms with Gasteiger partial charge in [0.2, 0.25) is 0 Å². The van der Waals surface area contributed by atoms with E-state index in [2.05, 4.69) is 55.7 Å². The van der Waals surface area contributed by atoms with Gasteiger partial charge in [-0.2, -0.15) is 0 Å². The maximum atomic E-state index is 3.79. The summed E-state index contributed by atoms with van der Waals surface area (Å²) in [5.74, 6) is 0.746. The van der Waals surface area contributed by atoms with E-state index in [-0.39, 0.29) is 0 Å². The maximum Gasteiger partial charge on any atom is 0.0390 e. The first-order valence-corrected chi connectivity index (χ1v) is 8.71. The van der Waals surface area contributed by atoms with Crippen LogP contribution in [-0.2, 0) is 0 Å². The molecule has 0 aliphatic heterocycles. The molecule has 1 aliphatic carbocycles. The summed E-state index contributed by atoms with van der Waals surface area (Å²) in [6, 6.07) is 9.53. The second kappa shape index (κ2) is 5.50. The number of benzene rings is 1. The van der Waals surface area contributed by atoms with Gasteiger partial charge in [0.25, 0.3) is 0 Å². The van der Waals surface area contributed by atoms with Gasteiger partial charge in [0.1, 0.15) is 0 Å². The van der Waals surface area contributed by atoms with Crippen molar-refractivity contribution in [3.05, 3.63) is 35.2 Å². The van der Waals surface area contributed by atoms with E-state index < -0.39 is 0 Å². The number of hydrogen-bond donors (Lipinski definition) is 1. The predicted molar refractivity (Wildman–Crippen MR) is 89.4 cm³/mol. The molecule has 1 aliphatic rings. The Labute approximate surface area is 126 Å². The summed E-state index contributed by atoms with van der Waals surface area (Å²) < 4.78 is 1.47. The summed E-state index contributed by atoms with van der Waals surface area (Å²) in [5, 5.41) is 7.40. The van der Waals surface area contributed by atoms with Gasteiger partial charge in [0.15, 0.2) is 0 Å². The molecule has 0 radical (unpaired) electrons. The Kier molecular flexibility index (Phi) is 3.87. The molecule has 1 aromatic carbocycles. The van der Waals surface area contributed by atoms with E-state index in [4.69, 9.17) is 0 Å². The highest BCUT2D eigenvalue weighted by molar-refractivity contribution is 7.17. The molecule has 3 rings (SSSR count). The maximum absolute atomic E-state index is 3.79. The average molecular weight is 287 g/mol. The molecule has 1 saturated carbocycles. The standard InChI is InChI=1S/C18H25NS/c1-4-19-16(15-9-6-11-18(15,2)3)14-8-5-7-13-10-12-20-17(13)14/h5,7-8,10,12,15-16,19H,4,6,9,11H2,1-3H3. The topological polar surface area (TPSA) is 12.0 Å².